The number of carbonyl (C=O) groups is 1. The van der Waals surface area contributed by atoms with Crippen LogP contribution in [-0.2, 0) is 16.8 Å². The predicted molar refractivity (Wildman–Crippen MR) is 96.0 cm³/mol. The van der Waals surface area contributed by atoms with Crippen LogP contribution in [0.2, 0.25) is 0 Å². The number of amides is 1. The first-order valence-corrected chi connectivity index (χ1v) is 8.81. The van der Waals surface area contributed by atoms with Crippen LogP contribution in [0.4, 0.5) is 0 Å². The lowest BCUT2D eigenvalue weighted by molar-refractivity contribution is -0.124. The first kappa shape index (κ1) is 16.7. The molecule has 0 spiro atoms. The Kier molecular flexibility index (Phi) is 4.24. The maximum absolute atomic E-state index is 13.0. The van der Waals surface area contributed by atoms with Crippen LogP contribution in [0.1, 0.15) is 60.8 Å². The number of hydrogen-bond acceptors (Lipinski definition) is 2. The number of nitrogens with zero attached hydrogens (tertiary/aromatic N) is 2. The van der Waals surface area contributed by atoms with Gasteiger partial charge >= 0.3 is 0 Å². The highest BCUT2D eigenvalue weighted by molar-refractivity contribution is 5.91. The molecule has 1 aromatic heterocycles. The molecule has 1 aromatic carbocycles. The third-order valence-corrected chi connectivity index (χ3v) is 5.31. The number of hydrogen-bond donors (Lipinski definition) is 1. The van der Waals surface area contributed by atoms with Crippen molar-refractivity contribution >= 4 is 5.91 Å². The van der Waals surface area contributed by atoms with Gasteiger partial charge in [0.1, 0.15) is 0 Å². The van der Waals surface area contributed by atoms with Crippen molar-refractivity contribution in [1.82, 2.24) is 15.1 Å². The van der Waals surface area contributed by atoms with Crippen molar-refractivity contribution in [2.24, 2.45) is 0 Å². The minimum Gasteiger partial charge on any atom is -0.349 e. The fraction of sp³-hybridized carbons (Fsp3) is 0.500. The van der Waals surface area contributed by atoms with Gasteiger partial charge in [0.05, 0.1) is 17.2 Å². The summed E-state index contributed by atoms with van der Waals surface area (Å²) >= 11 is 0. The molecule has 0 aliphatic heterocycles. The van der Waals surface area contributed by atoms with Crippen molar-refractivity contribution in [3.8, 4) is 0 Å². The molecule has 1 unspecified atom stereocenters. The highest BCUT2D eigenvalue weighted by Gasteiger charge is 2.51. The summed E-state index contributed by atoms with van der Waals surface area (Å²) in [7, 11) is 0. The molecule has 0 saturated heterocycles. The minimum absolute atomic E-state index is 0.0271. The lowest BCUT2D eigenvalue weighted by atomic mass is 9.93. The summed E-state index contributed by atoms with van der Waals surface area (Å²) in [5, 5.41) is 7.81. The highest BCUT2D eigenvalue weighted by Crippen LogP contribution is 2.48. The molecule has 1 saturated carbocycles. The van der Waals surface area contributed by atoms with E-state index in [9.17, 15) is 4.79 Å². The van der Waals surface area contributed by atoms with E-state index < -0.39 is 0 Å². The largest absolute Gasteiger partial charge is 0.349 e. The summed E-state index contributed by atoms with van der Waals surface area (Å²) in [4.78, 5) is 13.0. The quantitative estimate of drug-likeness (QED) is 0.910. The molecule has 1 fully saturated rings. The molecule has 24 heavy (non-hydrogen) atoms. The summed E-state index contributed by atoms with van der Waals surface area (Å²) in [6.45, 7) is 11.2. The zero-order valence-electron chi connectivity index (χ0n) is 15.3. The molecule has 1 atom stereocenters. The average molecular weight is 325 g/mol. The number of aryl methyl sites for hydroxylation is 3. The maximum Gasteiger partial charge on any atom is 0.231 e. The molecule has 1 aliphatic rings. The van der Waals surface area contributed by atoms with Crippen LogP contribution in [0.5, 0.6) is 0 Å². The van der Waals surface area contributed by atoms with Crippen molar-refractivity contribution in [2.75, 3.05) is 0 Å². The second kappa shape index (κ2) is 6.08. The molecule has 3 rings (SSSR count). The van der Waals surface area contributed by atoms with Gasteiger partial charge in [0.25, 0.3) is 0 Å². The Morgan fingerprint density at radius 3 is 2.38 bits per heavy atom. The van der Waals surface area contributed by atoms with Gasteiger partial charge in [-0.25, -0.2) is 0 Å². The first-order chi connectivity index (χ1) is 11.4. The molecular weight excluding hydrogens is 298 g/mol. The topological polar surface area (TPSA) is 46.9 Å². The van der Waals surface area contributed by atoms with Crippen LogP contribution in [0.25, 0.3) is 0 Å². The second-order valence-electron chi connectivity index (χ2n) is 7.04. The lowest BCUT2D eigenvalue weighted by Crippen LogP contribution is -2.36. The Bertz CT molecular complexity index is 754. The number of nitrogens with one attached hydrogen (secondary N) is 1. The third kappa shape index (κ3) is 2.74. The Labute approximate surface area is 144 Å². The van der Waals surface area contributed by atoms with Crippen LogP contribution in [0.15, 0.2) is 24.3 Å². The van der Waals surface area contributed by atoms with Gasteiger partial charge in [-0.15, -0.1) is 0 Å². The zero-order valence-corrected chi connectivity index (χ0v) is 15.3. The number of benzene rings is 1. The molecule has 2 aromatic rings. The fourth-order valence-corrected chi connectivity index (χ4v) is 3.70. The van der Waals surface area contributed by atoms with Gasteiger partial charge in [0.15, 0.2) is 0 Å². The van der Waals surface area contributed by atoms with E-state index in [4.69, 9.17) is 0 Å². The van der Waals surface area contributed by atoms with Crippen LogP contribution in [0, 0.1) is 20.8 Å². The average Bonchev–Trinajstić information content (AvgIpc) is 3.29. The van der Waals surface area contributed by atoms with Gasteiger partial charge in [0, 0.05) is 17.8 Å². The Morgan fingerprint density at radius 1 is 1.25 bits per heavy atom. The van der Waals surface area contributed by atoms with Crippen molar-refractivity contribution < 1.29 is 4.79 Å². The predicted octanol–water partition coefficient (Wildman–Crippen LogP) is 3.74. The van der Waals surface area contributed by atoms with Gasteiger partial charge in [-0.3, -0.25) is 9.48 Å². The molecule has 0 bridgehead atoms. The molecule has 4 nitrogen and oxygen atoms in total. The molecule has 1 heterocycles. The molecule has 1 aliphatic carbocycles. The molecule has 0 radical (unpaired) electrons. The Hall–Kier alpha value is -2.10. The normalized spacial score (nSPS) is 16.7. The van der Waals surface area contributed by atoms with E-state index in [0.717, 1.165) is 41.9 Å². The Balaban J connectivity index is 1.80. The zero-order chi connectivity index (χ0) is 17.5. The van der Waals surface area contributed by atoms with Crippen molar-refractivity contribution in [3.05, 3.63) is 52.3 Å². The van der Waals surface area contributed by atoms with E-state index in [1.165, 1.54) is 5.56 Å². The maximum atomic E-state index is 13.0. The summed E-state index contributed by atoms with van der Waals surface area (Å²) in [6.07, 6.45) is 1.86. The van der Waals surface area contributed by atoms with Gasteiger partial charge in [-0.1, -0.05) is 29.8 Å². The smallest absolute Gasteiger partial charge is 0.231 e. The monoisotopic (exact) mass is 325 g/mol. The van der Waals surface area contributed by atoms with E-state index >= 15 is 0 Å². The number of aromatic nitrogens is 2. The molecule has 128 valence electrons. The van der Waals surface area contributed by atoms with Gasteiger partial charge in [-0.2, -0.15) is 5.10 Å². The summed E-state index contributed by atoms with van der Waals surface area (Å²) in [5.74, 6) is 0.141. The summed E-state index contributed by atoms with van der Waals surface area (Å²) in [6, 6.07) is 8.34. The SMILES string of the molecule is CCn1nc(C)c(C(C)NC(=O)C2(c3ccc(C)cc3)CC2)c1C. The van der Waals surface area contributed by atoms with Gasteiger partial charge in [-0.05, 0) is 53.0 Å². The van der Waals surface area contributed by atoms with Crippen LogP contribution in [0.3, 0.4) is 0 Å². The van der Waals surface area contributed by atoms with Gasteiger partial charge < -0.3 is 5.32 Å². The van der Waals surface area contributed by atoms with E-state index in [0.29, 0.717) is 0 Å². The van der Waals surface area contributed by atoms with Gasteiger partial charge in [0.2, 0.25) is 5.91 Å². The minimum atomic E-state index is -0.329. The van der Waals surface area contributed by atoms with Crippen molar-refractivity contribution in [3.63, 3.8) is 0 Å². The van der Waals surface area contributed by atoms with E-state index in [1.807, 2.05) is 11.6 Å². The standard InChI is InChI=1S/C20H27N3O/c1-6-23-16(5)18(15(4)22-23)14(3)21-19(24)20(11-12-20)17-9-7-13(2)8-10-17/h7-10,14H,6,11-12H2,1-5H3,(H,21,24). The van der Waals surface area contributed by atoms with Crippen LogP contribution >= 0.6 is 0 Å². The van der Waals surface area contributed by atoms with Crippen LogP contribution in [-0.4, -0.2) is 15.7 Å². The fourth-order valence-electron chi connectivity index (χ4n) is 3.70. The molecule has 1 amide bonds. The second-order valence-corrected chi connectivity index (χ2v) is 7.04. The van der Waals surface area contributed by atoms with E-state index in [-0.39, 0.29) is 17.4 Å². The van der Waals surface area contributed by atoms with Crippen molar-refractivity contribution in [1.29, 1.82) is 0 Å². The van der Waals surface area contributed by atoms with E-state index in [2.05, 4.69) is 62.4 Å². The third-order valence-electron chi connectivity index (χ3n) is 5.31. The molecule has 1 N–H and O–H groups in total. The summed E-state index contributed by atoms with van der Waals surface area (Å²) < 4.78 is 2.00. The molecule has 4 heteroatoms. The first-order valence-electron chi connectivity index (χ1n) is 8.81. The summed E-state index contributed by atoms with van der Waals surface area (Å²) in [5.41, 5.74) is 5.32. The lowest BCUT2D eigenvalue weighted by Gasteiger charge is -2.21. The number of carbonyl (C=O) groups excluding carboxylic acids is 1. The van der Waals surface area contributed by atoms with E-state index in [1.54, 1.807) is 0 Å². The molecular formula is C20H27N3O. The van der Waals surface area contributed by atoms with Crippen molar-refractivity contribution in [2.45, 2.75) is 65.5 Å². The number of rotatable bonds is 5. The Morgan fingerprint density at radius 2 is 1.88 bits per heavy atom. The highest BCUT2D eigenvalue weighted by atomic mass is 16.2. The van der Waals surface area contributed by atoms with Crippen LogP contribution < -0.4 is 5.32 Å².